The predicted octanol–water partition coefficient (Wildman–Crippen LogP) is 5.03. The van der Waals surface area contributed by atoms with Gasteiger partial charge in [-0.1, -0.05) is 54.6 Å². The first kappa shape index (κ1) is 14.1. The second-order valence-electron chi connectivity index (χ2n) is 5.31. The summed E-state index contributed by atoms with van der Waals surface area (Å²) in [7, 11) is 0. The minimum atomic E-state index is 0.102. The van der Waals surface area contributed by atoms with Crippen molar-refractivity contribution in [2.75, 3.05) is 0 Å². The standard InChI is InChI=1S/C19H19NS/c1-14(20)18-11-12-19(21-18)17-10-6-5-9-16(17)13-15-7-3-2-4-8-15/h2-12,14H,13,20H2,1H3. The molecular weight excluding hydrogens is 274 g/mol. The number of hydrogen-bond acceptors (Lipinski definition) is 2. The van der Waals surface area contributed by atoms with Gasteiger partial charge in [-0.05, 0) is 42.2 Å². The van der Waals surface area contributed by atoms with Gasteiger partial charge in [-0.25, -0.2) is 0 Å². The fourth-order valence-electron chi connectivity index (χ4n) is 2.47. The molecule has 21 heavy (non-hydrogen) atoms. The van der Waals surface area contributed by atoms with Gasteiger partial charge in [-0.15, -0.1) is 11.3 Å². The summed E-state index contributed by atoms with van der Waals surface area (Å²) in [4.78, 5) is 2.54. The van der Waals surface area contributed by atoms with Crippen LogP contribution >= 0.6 is 11.3 Å². The normalized spacial score (nSPS) is 12.3. The zero-order valence-electron chi connectivity index (χ0n) is 12.1. The van der Waals surface area contributed by atoms with Crippen molar-refractivity contribution in [2.45, 2.75) is 19.4 Å². The van der Waals surface area contributed by atoms with Crippen LogP contribution in [0.25, 0.3) is 10.4 Å². The van der Waals surface area contributed by atoms with Crippen molar-refractivity contribution < 1.29 is 0 Å². The summed E-state index contributed by atoms with van der Waals surface area (Å²) in [5.41, 5.74) is 10.00. The Kier molecular flexibility index (Phi) is 4.18. The number of benzene rings is 2. The second-order valence-corrected chi connectivity index (χ2v) is 6.43. The molecule has 0 bridgehead atoms. The molecule has 1 nitrogen and oxygen atoms in total. The van der Waals surface area contributed by atoms with E-state index in [1.807, 2.05) is 6.92 Å². The van der Waals surface area contributed by atoms with E-state index < -0.39 is 0 Å². The third kappa shape index (κ3) is 3.23. The Hall–Kier alpha value is -1.90. The molecule has 2 N–H and O–H groups in total. The molecule has 0 aliphatic rings. The zero-order valence-corrected chi connectivity index (χ0v) is 12.9. The molecule has 0 amide bonds. The van der Waals surface area contributed by atoms with Gasteiger partial charge in [0.2, 0.25) is 0 Å². The highest BCUT2D eigenvalue weighted by molar-refractivity contribution is 7.15. The Morgan fingerprint density at radius 1 is 0.905 bits per heavy atom. The minimum absolute atomic E-state index is 0.102. The molecule has 3 rings (SSSR count). The van der Waals surface area contributed by atoms with Crippen molar-refractivity contribution in [1.29, 1.82) is 0 Å². The predicted molar refractivity (Wildman–Crippen MR) is 91.6 cm³/mol. The van der Waals surface area contributed by atoms with E-state index in [1.165, 1.54) is 26.4 Å². The van der Waals surface area contributed by atoms with E-state index in [9.17, 15) is 0 Å². The molecule has 0 radical (unpaired) electrons. The number of nitrogens with two attached hydrogens (primary N) is 1. The summed E-state index contributed by atoms with van der Waals surface area (Å²) >= 11 is 1.79. The Bertz CT molecular complexity index is 713. The first-order valence-corrected chi connectivity index (χ1v) is 8.03. The van der Waals surface area contributed by atoms with Crippen molar-refractivity contribution in [3.8, 4) is 10.4 Å². The second kappa shape index (κ2) is 6.25. The molecule has 106 valence electrons. The number of hydrogen-bond donors (Lipinski definition) is 1. The summed E-state index contributed by atoms with van der Waals surface area (Å²) in [6, 6.07) is 23.7. The van der Waals surface area contributed by atoms with E-state index in [-0.39, 0.29) is 6.04 Å². The van der Waals surface area contributed by atoms with Gasteiger partial charge < -0.3 is 5.73 Å². The van der Waals surface area contributed by atoms with Crippen molar-refractivity contribution in [3.63, 3.8) is 0 Å². The maximum absolute atomic E-state index is 5.98. The number of rotatable bonds is 4. The molecule has 0 saturated heterocycles. The third-order valence-electron chi connectivity index (χ3n) is 3.60. The zero-order chi connectivity index (χ0) is 14.7. The molecule has 1 atom stereocenters. The van der Waals surface area contributed by atoms with Crippen molar-refractivity contribution in [3.05, 3.63) is 82.7 Å². The molecule has 2 aromatic carbocycles. The first-order chi connectivity index (χ1) is 10.2. The van der Waals surface area contributed by atoms with Crippen LogP contribution in [0.1, 0.15) is 29.0 Å². The van der Waals surface area contributed by atoms with Crippen molar-refractivity contribution in [1.82, 2.24) is 0 Å². The molecule has 1 heterocycles. The maximum Gasteiger partial charge on any atom is 0.0361 e. The van der Waals surface area contributed by atoms with Gasteiger partial charge in [-0.2, -0.15) is 0 Å². The Morgan fingerprint density at radius 3 is 2.33 bits per heavy atom. The van der Waals surface area contributed by atoms with E-state index in [1.54, 1.807) is 11.3 Å². The lowest BCUT2D eigenvalue weighted by atomic mass is 9.99. The van der Waals surface area contributed by atoms with Gasteiger partial charge >= 0.3 is 0 Å². The van der Waals surface area contributed by atoms with Crippen LogP contribution in [-0.4, -0.2) is 0 Å². The van der Waals surface area contributed by atoms with Gasteiger partial charge in [-0.3, -0.25) is 0 Å². The summed E-state index contributed by atoms with van der Waals surface area (Å²) in [5, 5.41) is 0. The largest absolute Gasteiger partial charge is 0.324 e. The molecule has 0 aliphatic heterocycles. The van der Waals surface area contributed by atoms with Crippen LogP contribution in [0.2, 0.25) is 0 Å². The Labute approximate surface area is 130 Å². The lowest BCUT2D eigenvalue weighted by Gasteiger charge is -2.08. The van der Waals surface area contributed by atoms with Crippen LogP contribution in [0.5, 0.6) is 0 Å². The molecular formula is C19H19NS. The van der Waals surface area contributed by atoms with E-state index in [0.717, 1.165) is 6.42 Å². The van der Waals surface area contributed by atoms with Gasteiger partial charge in [0.25, 0.3) is 0 Å². The van der Waals surface area contributed by atoms with Crippen molar-refractivity contribution in [2.24, 2.45) is 5.73 Å². The highest BCUT2D eigenvalue weighted by Gasteiger charge is 2.09. The monoisotopic (exact) mass is 293 g/mol. The van der Waals surface area contributed by atoms with Crippen molar-refractivity contribution >= 4 is 11.3 Å². The maximum atomic E-state index is 5.98. The molecule has 3 aromatic rings. The first-order valence-electron chi connectivity index (χ1n) is 7.21. The number of thiophene rings is 1. The third-order valence-corrected chi connectivity index (χ3v) is 4.92. The summed E-state index contributed by atoms with van der Waals surface area (Å²) in [6.45, 7) is 2.03. The van der Waals surface area contributed by atoms with E-state index in [2.05, 4.69) is 66.7 Å². The van der Waals surface area contributed by atoms with E-state index in [0.29, 0.717) is 0 Å². The molecule has 0 fully saturated rings. The molecule has 0 aliphatic carbocycles. The summed E-state index contributed by atoms with van der Waals surface area (Å²) < 4.78 is 0. The Morgan fingerprint density at radius 2 is 1.62 bits per heavy atom. The Balaban J connectivity index is 1.95. The summed E-state index contributed by atoms with van der Waals surface area (Å²) in [6.07, 6.45) is 0.961. The fourth-order valence-corrected chi connectivity index (χ4v) is 3.49. The van der Waals surface area contributed by atoms with Crippen LogP contribution in [0.4, 0.5) is 0 Å². The lowest BCUT2D eigenvalue weighted by Crippen LogP contribution is -2.01. The smallest absolute Gasteiger partial charge is 0.0361 e. The fraction of sp³-hybridized carbons (Fsp3) is 0.158. The topological polar surface area (TPSA) is 26.0 Å². The average Bonchev–Trinajstić information content (AvgIpc) is 2.99. The highest BCUT2D eigenvalue weighted by atomic mass is 32.1. The van der Waals surface area contributed by atoms with Crippen LogP contribution in [0.15, 0.2) is 66.7 Å². The molecule has 1 unspecified atom stereocenters. The molecule has 1 aromatic heterocycles. The van der Waals surface area contributed by atoms with Crippen LogP contribution in [0, 0.1) is 0 Å². The van der Waals surface area contributed by atoms with Crippen LogP contribution < -0.4 is 5.73 Å². The quantitative estimate of drug-likeness (QED) is 0.717. The van der Waals surface area contributed by atoms with Crippen LogP contribution in [-0.2, 0) is 6.42 Å². The average molecular weight is 293 g/mol. The molecule has 2 heteroatoms. The lowest BCUT2D eigenvalue weighted by molar-refractivity contribution is 0.838. The van der Waals surface area contributed by atoms with E-state index >= 15 is 0 Å². The van der Waals surface area contributed by atoms with Crippen LogP contribution in [0.3, 0.4) is 0 Å². The van der Waals surface area contributed by atoms with E-state index in [4.69, 9.17) is 5.73 Å². The minimum Gasteiger partial charge on any atom is -0.324 e. The van der Waals surface area contributed by atoms with Gasteiger partial charge in [0.05, 0.1) is 0 Å². The highest BCUT2D eigenvalue weighted by Crippen LogP contribution is 2.33. The van der Waals surface area contributed by atoms with Gasteiger partial charge in [0, 0.05) is 15.8 Å². The SMILES string of the molecule is CC(N)c1ccc(-c2ccccc2Cc2ccccc2)s1. The summed E-state index contributed by atoms with van der Waals surface area (Å²) in [5.74, 6) is 0. The molecule has 0 spiro atoms. The molecule has 0 saturated carbocycles. The van der Waals surface area contributed by atoms with Gasteiger partial charge in [0.1, 0.15) is 0 Å². The van der Waals surface area contributed by atoms with Gasteiger partial charge in [0.15, 0.2) is 0 Å².